The molecule has 5 nitrogen and oxygen atoms in total. The number of imidazole rings is 1. The van der Waals surface area contributed by atoms with Crippen molar-refractivity contribution in [2.75, 3.05) is 0 Å². The Kier molecular flexibility index (Phi) is 5.31. The number of carbonyl (C=O) groups excluding carboxylic acids is 1. The van der Waals surface area contributed by atoms with Gasteiger partial charge in [0.1, 0.15) is 11.5 Å². The number of aryl methyl sites for hydroxylation is 1. The van der Waals surface area contributed by atoms with Crippen LogP contribution in [0.1, 0.15) is 29.9 Å². The quantitative estimate of drug-likeness (QED) is 0.481. The third-order valence-corrected chi connectivity index (χ3v) is 5.09. The Hall–Kier alpha value is -3.54. The van der Waals surface area contributed by atoms with Crippen LogP contribution in [0.3, 0.4) is 0 Å². The predicted molar refractivity (Wildman–Crippen MR) is 115 cm³/mol. The molecule has 0 unspecified atom stereocenters. The van der Waals surface area contributed by atoms with Crippen molar-refractivity contribution in [2.24, 2.45) is 7.05 Å². The SMILES string of the molecule is CC(C)N(Cc1ccc(F)c(-c2cnc3ccccc3c2)c1)C(=O)c1cn(C)cn1. The van der Waals surface area contributed by atoms with Crippen molar-refractivity contribution in [1.82, 2.24) is 19.4 Å². The highest BCUT2D eigenvalue weighted by Gasteiger charge is 2.21. The summed E-state index contributed by atoms with van der Waals surface area (Å²) < 4.78 is 16.4. The van der Waals surface area contributed by atoms with Crippen molar-refractivity contribution in [3.63, 3.8) is 0 Å². The summed E-state index contributed by atoms with van der Waals surface area (Å²) in [6.45, 7) is 4.28. The molecule has 0 aliphatic carbocycles. The molecule has 0 aliphatic rings. The Morgan fingerprint density at radius 1 is 1.13 bits per heavy atom. The van der Waals surface area contributed by atoms with E-state index in [1.54, 1.807) is 40.3 Å². The van der Waals surface area contributed by atoms with E-state index in [0.717, 1.165) is 16.5 Å². The van der Waals surface area contributed by atoms with Gasteiger partial charge in [-0.1, -0.05) is 24.3 Å². The van der Waals surface area contributed by atoms with Gasteiger partial charge >= 0.3 is 0 Å². The molecule has 0 fully saturated rings. The summed E-state index contributed by atoms with van der Waals surface area (Å²) in [5.41, 5.74) is 3.29. The number of pyridine rings is 1. The van der Waals surface area contributed by atoms with E-state index in [4.69, 9.17) is 0 Å². The lowest BCUT2D eigenvalue weighted by atomic mass is 10.0. The van der Waals surface area contributed by atoms with Gasteiger partial charge in [0.25, 0.3) is 5.91 Å². The van der Waals surface area contributed by atoms with Crippen LogP contribution in [0.15, 0.2) is 67.3 Å². The number of para-hydroxylation sites is 1. The van der Waals surface area contributed by atoms with Gasteiger partial charge in [-0.3, -0.25) is 9.78 Å². The summed E-state index contributed by atoms with van der Waals surface area (Å²) >= 11 is 0. The highest BCUT2D eigenvalue weighted by molar-refractivity contribution is 5.92. The molecule has 0 saturated heterocycles. The lowest BCUT2D eigenvalue weighted by Gasteiger charge is -2.26. The van der Waals surface area contributed by atoms with Gasteiger partial charge in [0.15, 0.2) is 0 Å². The molecule has 2 aromatic carbocycles. The molecule has 2 aromatic heterocycles. The summed E-state index contributed by atoms with van der Waals surface area (Å²) in [6, 6.07) is 14.6. The molecule has 0 bridgehead atoms. The third-order valence-electron chi connectivity index (χ3n) is 5.09. The second-order valence-corrected chi connectivity index (χ2v) is 7.68. The molecule has 0 saturated carbocycles. The molecule has 0 spiro atoms. The molecular weight excluding hydrogens is 379 g/mol. The first-order chi connectivity index (χ1) is 14.4. The smallest absolute Gasteiger partial charge is 0.274 e. The average Bonchev–Trinajstić information content (AvgIpc) is 3.18. The number of hydrogen-bond donors (Lipinski definition) is 0. The fourth-order valence-corrected chi connectivity index (χ4v) is 3.47. The zero-order valence-electron chi connectivity index (χ0n) is 17.2. The maximum Gasteiger partial charge on any atom is 0.274 e. The minimum absolute atomic E-state index is 0.0321. The number of rotatable bonds is 5. The normalized spacial score (nSPS) is 11.2. The van der Waals surface area contributed by atoms with Gasteiger partial charge < -0.3 is 9.47 Å². The van der Waals surface area contributed by atoms with Gasteiger partial charge in [0, 0.05) is 48.5 Å². The number of nitrogens with zero attached hydrogens (tertiary/aromatic N) is 4. The van der Waals surface area contributed by atoms with Crippen LogP contribution in [-0.4, -0.2) is 31.4 Å². The fraction of sp³-hybridized carbons (Fsp3) is 0.208. The van der Waals surface area contributed by atoms with Crippen LogP contribution in [0.2, 0.25) is 0 Å². The van der Waals surface area contributed by atoms with Gasteiger partial charge in [0.05, 0.1) is 11.8 Å². The van der Waals surface area contributed by atoms with Crippen LogP contribution in [0.5, 0.6) is 0 Å². The minimum Gasteiger partial charge on any atom is -0.340 e. The molecule has 6 heteroatoms. The number of hydrogen-bond acceptors (Lipinski definition) is 3. The molecule has 0 atom stereocenters. The van der Waals surface area contributed by atoms with Crippen molar-refractivity contribution in [1.29, 1.82) is 0 Å². The standard InChI is InChI=1S/C24H23FN4O/c1-16(2)29(24(30)23-14-28(3)15-27-23)13-17-8-9-21(25)20(10-17)19-11-18-6-4-5-7-22(18)26-12-19/h4-12,14-16H,13H2,1-3H3. The van der Waals surface area contributed by atoms with E-state index in [1.165, 1.54) is 6.07 Å². The van der Waals surface area contributed by atoms with Gasteiger partial charge in [-0.25, -0.2) is 9.37 Å². The van der Waals surface area contributed by atoms with Crippen molar-refractivity contribution in [3.8, 4) is 11.1 Å². The topological polar surface area (TPSA) is 51.0 Å². The Morgan fingerprint density at radius 2 is 1.93 bits per heavy atom. The van der Waals surface area contributed by atoms with Gasteiger partial charge in [0.2, 0.25) is 0 Å². The summed E-state index contributed by atoms with van der Waals surface area (Å²) in [6.07, 6.45) is 4.99. The highest BCUT2D eigenvalue weighted by Crippen LogP contribution is 2.27. The van der Waals surface area contributed by atoms with E-state index in [0.29, 0.717) is 23.4 Å². The second-order valence-electron chi connectivity index (χ2n) is 7.68. The van der Waals surface area contributed by atoms with E-state index in [1.807, 2.05) is 51.2 Å². The Morgan fingerprint density at radius 3 is 2.67 bits per heavy atom. The number of halogens is 1. The lowest BCUT2D eigenvalue weighted by molar-refractivity contribution is 0.0684. The molecule has 152 valence electrons. The molecule has 0 aliphatic heterocycles. The predicted octanol–water partition coefficient (Wildman–Crippen LogP) is 4.83. The summed E-state index contributed by atoms with van der Waals surface area (Å²) in [4.78, 5) is 23.3. The summed E-state index contributed by atoms with van der Waals surface area (Å²) in [5.74, 6) is -0.466. The molecule has 1 amide bonds. The second kappa shape index (κ2) is 8.06. The molecule has 4 aromatic rings. The maximum atomic E-state index is 14.7. The maximum absolute atomic E-state index is 14.7. The largest absolute Gasteiger partial charge is 0.340 e. The Labute approximate surface area is 174 Å². The van der Waals surface area contributed by atoms with Gasteiger partial charge in [-0.15, -0.1) is 0 Å². The number of benzene rings is 2. The molecule has 2 heterocycles. The third kappa shape index (κ3) is 3.94. The zero-order chi connectivity index (χ0) is 21.3. The summed E-state index contributed by atoms with van der Waals surface area (Å²) in [7, 11) is 1.83. The fourth-order valence-electron chi connectivity index (χ4n) is 3.47. The molecule has 0 radical (unpaired) electrons. The van der Waals surface area contributed by atoms with E-state index in [2.05, 4.69) is 9.97 Å². The van der Waals surface area contributed by atoms with E-state index >= 15 is 0 Å². The van der Waals surface area contributed by atoms with Gasteiger partial charge in [-0.05, 0) is 43.7 Å². The van der Waals surface area contributed by atoms with Crippen molar-refractivity contribution in [2.45, 2.75) is 26.4 Å². The van der Waals surface area contributed by atoms with Crippen molar-refractivity contribution < 1.29 is 9.18 Å². The van der Waals surface area contributed by atoms with Crippen LogP contribution in [-0.2, 0) is 13.6 Å². The highest BCUT2D eigenvalue weighted by atomic mass is 19.1. The molecular formula is C24H23FN4O. The first kappa shape index (κ1) is 19.8. The van der Waals surface area contributed by atoms with Crippen LogP contribution in [0, 0.1) is 5.82 Å². The first-order valence-electron chi connectivity index (χ1n) is 9.85. The lowest BCUT2D eigenvalue weighted by Crippen LogP contribution is -2.36. The number of fused-ring (bicyclic) bond motifs is 1. The van der Waals surface area contributed by atoms with E-state index in [-0.39, 0.29) is 17.8 Å². The summed E-state index contributed by atoms with van der Waals surface area (Å²) in [5, 5.41) is 0.953. The molecule has 0 N–H and O–H groups in total. The van der Waals surface area contributed by atoms with Crippen LogP contribution < -0.4 is 0 Å². The van der Waals surface area contributed by atoms with Crippen molar-refractivity contribution in [3.05, 3.63) is 84.3 Å². The zero-order valence-corrected chi connectivity index (χ0v) is 17.2. The number of aromatic nitrogens is 3. The minimum atomic E-state index is -0.317. The van der Waals surface area contributed by atoms with E-state index < -0.39 is 0 Å². The number of carbonyl (C=O) groups is 1. The van der Waals surface area contributed by atoms with Crippen LogP contribution in [0.25, 0.3) is 22.0 Å². The van der Waals surface area contributed by atoms with Crippen LogP contribution >= 0.6 is 0 Å². The monoisotopic (exact) mass is 402 g/mol. The van der Waals surface area contributed by atoms with Crippen molar-refractivity contribution >= 4 is 16.8 Å². The van der Waals surface area contributed by atoms with Crippen LogP contribution in [0.4, 0.5) is 4.39 Å². The number of amides is 1. The molecule has 4 rings (SSSR count). The Bertz CT molecular complexity index is 1210. The average molecular weight is 402 g/mol. The molecule has 30 heavy (non-hydrogen) atoms. The van der Waals surface area contributed by atoms with Gasteiger partial charge in [-0.2, -0.15) is 0 Å². The first-order valence-corrected chi connectivity index (χ1v) is 9.85. The Balaban J connectivity index is 1.66. The van der Waals surface area contributed by atoms with E-state index in [9.17, 15) is 9.18 Å².